The van der Waals surface area contributed by atoms with E-state index in [1.54, 1.807) is 0 Å². The summed E-state index contributed by atoms with van der Waals surface area (Å²) in [4.78, 5) is 16.6. The maximum absolute atomic E-state index is 14.3. The van der Waals surface area contributed by atoms with Crippen LogP contribution in [-0.2, 0) is 30.0 Å². The highest BCUT2D eigenvalue weighted by Gasteiger charge is 2.48. The third-order valence-corrected chi connectivity index (χ3v) is 11.9. The summed E-state index contributed by atoms with van der Waals surface area (Å²) in [6.45, 7) is 20.7. The van der Waals surface area contributed by atoms with Gasteiger partial charge in [0, 0.05) is 93.4 Å². The van der Waals surface area contributed by atoms with Crippen molar-refractivity contribution in [2.24, 2.45) is 0 Å². The molecule has 6 nitrogen and oxygen atoms in total. The third-order valence-electron chi connectivity index (χ3n) is 11.9. The minimum atomic E-state index is -1.34. The van der Waals surface area contributed by atoms with Gasteiger partial charge >= 0.3 is 5.97 Å². The van der Waals surface area contributed by atoms with Crippen molar-refractivity contribution in [2.75, 3.05) is 18.0 Å². The van der Waals surface area contributed by atoms with Crippen molar-refractivity contribution in [2.45, 2.75) is 66.8 Å². The van der Waals surface area contributed by atoms with E-state index in [-0.39, 0.29) is 5.97 Å². The molecule has 5 aromatic carbocycles. The lowest BCUT2D eigenvalue weighted by atomic mass is 9.80. The number of aromatic nitrogens is 2. The van der Waals surface area contributed by atoms with Gasteiger partial charge in [0.05, 0.1) is 5.56 Å². The van der Waals surface area contributed by atoms with Gasteiger partial charge in [-0.2, -0.15) is 0 Å². The quantitative estimate of drug-likeness (QED) is 0.110. The average molecular weight is 754 g/mol. The molecule has 6 heteroatoms. The normalized spacial score (nSPS) is 14.8. The number of benzene rings is 5. The van der Waals surface area contributed by atoms with Crippen molar-refractivity contribution < 1.29 is 14.3 Å². The molecule has 1 aliphatic heterocycles. The first-order chi connectivity index (χ1) is 27.8. The Hall–Kier alpha value is -6.27. The van der Waals surface area contributed by atoms with Crippen molar-refractivity contribution in [3.63, 3.8) is 0 Å². The van der Waals surface area contributed by atoms with E-state index in [9.17, 15) is 4.79 Å². The van der Waals surface area contributed by atoms with Crippen LogP contribution in [0.2, 0.25) is 0 Å². The van der Waals surface area contributed by atoms with Crippen molar-refractivity contribution >= 4 is 45.1 Å². The number of nitrogens with zero attached hydrogens (tertiary/aromatic N) is 3. The van der Waals surface area contributed by atoms with Gasteiger partial charge < -0.3 is 23.5 Å². The molecule has 57 heavy (non-hydrogen) atoms. The SMILES string of the molecule is C=Cc1ccc(COc2cc(N(CC)CC)ccc2C2(C=C(c3c(C)n(CC)c4ccccc34)c3c(C)n(CC)c4ccccc34)OC(=O)c3ccccc32)cc1. The summed E-state index contributed by atoms with van der Waals surface area (Å²) < 4.78 is 18.6. The van der Waals surface area contributed by atoms with E-state index in [1.807, 2.05) is 30.3 Å². The van der Waals surface area contributed by atoms with E-state index >= 15 is 0 Å². The van der Waals surface area contributed by atoms with E-state index in [1.165, 1.54) is 11.0 Å². The molecule has 8 rings (SSSR count). The number of carbonyl (C=O) groups excluding carboxylic acids is 1. The van der Waals surface area contributed by atoms with Gasteiger partial charge in [0.2, 0.25) is 0 Å². The van der Waals surface area contributed by atoms with Crippen LogP contribution >= 0.6 is 0 Å². The Morgan fingerprint density at radius 1 is 0.737 bits per heavy atom. The van der Waals surface area contributed by atoms with E-state index in [4.69, 9.17) is 9.47 Å². The van der Waals surface area contributed by atoms with Crippen LogP contribution in [0.15, 0.2) is 128 Å². The molecule has 1 aliphatic rings. The lowest BCUT2D eigenvalue weighted by Gasteiger charge is -2.31. The van der Waals surface area contributed by atoms with Gasteiger partial charge in [-0.05, 0) is 94.7 Å². The Bertz CT molecular complexity index is 2580. The Morgan fingerprint density at radius 3 is 1.89 bits per heavy atom. The molecule has 2 aromatic heterocycles. The van der Waals surface area contributed by atoms with Crippen LogP contribution in [0.3, 0.4) is 0 Å². The molecule has 7 aromatic rings. The molecule has 0 amide bonds. The maximum atomic E-state index is 14.3. The zero-order valence-electron chi connectivity index (χ0n) is 33.9. The van der Waals surface area contributed by atoms with Crippen molar-refractivity contribution in [1.82, 2.24) is 9.13 Å². The van der Waals surface area contributed by atoms with Gasteiger partial charge in [-0.15, -0.1) is 0 Å². The highest BCUT2D eigenvalue weighted by molar-refractivity contribution is 6.07. The standard InChI is InChI=1S/C51H51N3O3/c1-8-36-25-27-37(28-26-36)33-56-47-31-38(52(9-2)10-3)29-30-44(47)51(43-22-16-13-19-39(43)50(55)57-51)32-42(48-34(6)53(11-4)45-23-17-14-20-40(45)48)49-35(7)54(12-5)46-24-18-15-21-41(46)49/h8,13-32H,1,9-12,33H2,2-7H3. The summed E-state index contributed by atoms with van der Waals surface area (Å²) in [6, 6.07) is 39.7. The molecule has 1 unspecified atom stereocenters. The minimum absolute atomic E-state index is 0.334. The molecule has 1 atom stereocenters. The van der Waals surface area contributed by atoms with E-state index in [0.717, 1.165) is 93.0 Å². The largest absolute Gasteiger partial charge is 0.488 e. The summed E-state index contributed by atoms with van der Waals surface area (Å²) >= 11 is 0. The van der Waals surface area contributed by atoms with Crippen LogP contribution < -0.4 is 9.64 Å². The fraction of sp³-hybridized carbons (Fsp3) is 0.235. The Morgan fingerprint density at radius 2 is 1.32 bits per heavy atom. The lowest BCUT2D eigenvalue weighted by molar-refractivity contribution is 0.0268. The van der Waals surface area contributed by atoms with Gasteiger partial charge in [0.15, 0.2) is 5.60 Å². The van der Waals surface area contributed by atoms with Gasteiger partial charge in [-0.3, -0.25) is 0 Å². The van der Waals surface area contributed by atoms with Crippen LogP contribution in [0.1, 0.15) is 82.8 Å². The molecule has 3 heterocycles. The summed E-state index contributed by atoms with van der Waals surface area (Å²) in [5, 5.41) is 2.31. The zero-order valence-corrected chi connectivity index (χ0v) is 33.9. The number of aryl methyl sites for hydroxylation is 2. The fourth-order valence-electron chi connectivity index (χ4n) is 9.09. The molecule has 0 saturated carbocycles. The van der Waals surface area contributed by atoms with Crippen molar-refractivity contribution in [3.05, 3.63) is 178 Å². The maximum Gasteiger partial charge on any atom is 0.340 e. The number of para-hydroxylation sites is 2. The first-order valence-electron chi connectivity index (χ1n) is 20.2. The second-order valence-corrected chi connectivity index (χ2v) is 14.8. The van der Waals surface area contributed by atoms with Crippen molar-refractivity contribution in [1.29, 1.82) is 0 Å². The second kappa shape index (κ2) is 15.3. The zero-order chi connectivity index (χ0) is 39.8. The topological polar surface area (TPSA) is 48.6 Å². The van der Waals surface area contributed by atoms with Gasteiger partial charge in [0.25, 0.3) is 0 Å². The molecule has 0 bridgehead atoms. The summed E-state index contributed by atoms with van der Waals surface area (Å²) in [5.41, 5.74) is 11.8. The highest BCUT2D eigenvalue weighted by Crippen LogP contribution is 2.51. The Balaban J connectivity index is 1.48. The van der Waals surface area contributed by atoms with Gasteiger partial charge in [-0.25, -0.2) is 4.79 Å². The molecule has 0 spiro atoms. The number of fused-ring (bicyclic) bond motifs is 3. The van der Waals surface area contributed by atoms with Crippen LogP contribution in [0, 0.1) is 13.8 Å². The van der Waals surface area contributed by atoms with E-state index in [0.29, 0.717) is 17.9 Å². The molecule has 0 N–H and O–H groups in total. The van der Waals surface area contributed by atoms with Gasteiger partial charge in [0.1, 0.15) is 12.4 Å². The number of ether oxygens (including phenoxy) is 2. The molecule has 0 aliphatic carbocycles. The molecule has 0 radical (unpaired) electrons. The van der Waals surface area contributed by atoms with Crippen molar-refractivity contribution in [3.8, 4) is 5.75 Å². The van der Waals surface area contributed by atoms with E-state index < -0.39 is 5.60 Å². The minimum Gasteiger partial charge on any atom is -0.488 e. The number of hydrogen-bond acceptors (Lipinski definition) is 4. The molecule has 288 valence electrons. The summed E-state index contributed by atoms with van der Waals surface area (Å²) in [5.74, 6) is 0.299. The van der Waals surface area contributed by atoms with Gasteiger partial charge in [-0.1, -0.05) is 91.5 Å². The smallest absolute Gasteiger partial charge is 0.340 e. The number of cyclic esters (lactones) is 1. The average Bonchev–Trinajstić information content (AvgIpc) is 3.82. The number of esters is 1. The summed E-state index contributed by atoms with van der Waals surface area (Å²) in [6.07, 6.45) is 4.08. The summed E-state index contributed by atoms with van der Waals surface area (Å²) in [7, 11) is 0. The Kier molecular flexibility index (Phi) is 10.1. The van der Waals surface area contributed by atoms with Crippen LogP contribution in [-0.4, -0.2) is 28.2 Å². The monoisotopic (exact) mass is 753 g/mol. The lowest BCUT2D eigenvalue weighted by Crippen LogP contribution is -2.28. The molecule has 0 saturated heterocycles. The molecular weight excluding hydrogens is 703 g/mol. The van der Waals surface area contributed by atoms with E-state index in [2.05, 4.69) is 159 Å². The highest BCUT2D eigenvalue weighted by atomic mass is 16.6. The number of rotatable bonds is 13. The fourth-order valence-corrected chi connectivity index (χ4v) is 9.09. The Labute approximate surface area is 336 Å². The first-order valence-corrected chi connectivity index (χ1v) is 20.2. The predicted octanol–water partition coefficient (Wildman–Crippen LogP) is 11.9. The first kappa shape index (κ1) is 37.6. The van der Waals surface area contributed by atoms with Crippen LogP contribution in [0.5, 0.6) is 5.75 Å². The molecule has 0 fully saturated rings. The number of anilines is 1. The van der Waals surface area contributed by atoms with Crippen LogP contribution in [0.25, 0.3) is 33.5 Å². The molecular formula is C51H51N3O3. The predicted molar refractivity (Wildman–Crippen MR) is 235 cm³/mol. The number of carbonyl (C=O) groups is 1. The van der Waals surface area contributed by atoms with Crippen LogP contribution in [0.4, 0.5) is 5.69 Å². The second-order valence-electron chi connectivity index (χ2n) is 14.8. The third kappa shape index (κ3) is 6.24. The number of hydrogen-bond donors (Lipinski definition) is 0.